The minimum absolute atomic E-state index is 0.231. The van der Waals surface area contributed by atoms with E-state index in [9.17, 15) is 0 Å². The second-order valence-electron chi connectivity index (χ2n) is 4.83. The van der Waals surface area contributed by atoms with Gasteiger partial charge < -0.3 is 16.0 Å². The van der Waals surface area contributed by atoms with Crippen molar-refractivity contribution in [2.45, 2.75) is 25.8 Å². The maximum absolute atomic E-state index is 9.12. The van der Waals surface area contributed by atoms with Crippen molar-refractivity contribution in [2.24, 2.45) is 0 Å². The lowest BCUT2D eigenvalue weighted by Gasteiger charge is -2.21. The van der Waals surface area contributed by atoms with Gasteiger partial charge in [-0.2, -0.15) is 10.5 Å². The Balaban J connectivity index is 2.06. The molecule has 1 fully saturated rings. The number of nitrogen functional groups attached to an aromatic ring is 1. The molecule has 1 aliphatic rings. The Labute approximate surface area is 117 Å². The van der Waals surface area contributed by atoms with Gasteiger partial charge in [-0.1, -0.05) is 0 Å². The van der Waals surface area contributed by atoms with E-state index < -0.39 is 0 Å². The number of nitrogens with zero attached hydrogens (tertiary/aromatic N) is 3. The molecule has 5 nitrogen and oxygen atoms in total. The van der Waals surface area contributed by atoms with E-state index in [0.29, 0.717) is 21.1 Å². The maximum Gasteiger partial charge on any atom is 0.131 e. The number of hydrogen-bond acceptors (Lipinski definition) is 6. The number of nitriles is 2. The number of hydrogen-bond donors (Lipinski definition) is 2. The quantitative estimate of drug-likeness (QED) is 0.877. The molecule has 0 radical (unpaired) electrons. The van der Waals surface area contributed by atoms with Crippen LogP contribution in [0.4, 0.5) is 10.7 Å². The second kappa shape index (κ2) is 5.92. The Morgan fingerprint density at radius 1 is 1.37 bits per heavy atom. The highest BCUT2D eigenvalue weighted by molar-refractivity contribution is 7.17. The average molecular weight is 275 g/mol. The summed E-state index contributed by atoms with van der Waals surface area (Å²) in [6.45, 7) is 5.33. The van der Waals surface area contributed by atoms with Gasteiger partial charge in [0.05, 0.1) is 5.69 Å². The van der Waals surface area contributed by atoms with Gasteiger partial charge in [-0.3, -0.25) is 0 Å². The van der Waals surface area contributed by atoms with E-state index in [0.717, 1.165) is 19.6 Å². The lowest BCUT2D eigenvalue weighted by atomic mass is 10.2. The molecular formula is C13H17N5S. The predicted molar refractivity (Wildman–Crippen MR) is 76.9 cm³/mol. The normalized spacial score (nSPS) is 16.8. The number of anilines is 2. The van der Waals surface area contributed by atoms with Crippen molar-refractivity contribution in [2.75, 3.05) is 30.7 Å². The molecule has 100 valence electrons. The molecule has 0 saturated carbocycles. The van der Waals surface area contributed by atoms with Gasteiger partial charge in [0.25, 0.3) is 0 Å². The largest absolute Gasteiger partial charge is 0.396 e. The van der Waals surface area contributed by atoms with Crippen molar-refractivity contribution < 1.29 is 0 Å². The van der Waals surface area contributed by atoms with Crippen LogP contribution >= 0.6 is 11.3 Å². The van der Waals surface area contributed by atoms with Gasteiger partial charge in [0.2, 0.25) is 0 Å². The van der Waals surface area contributed by atoms with E-state index in [1.807, 2.05) is 6.07 Å². The minimum Gasteiger partial charge on any atom is -0.396 e. The van der Waals surface area contributed by atoms with Gasteiger partial charge in [0.1, 0.15) is 27.6 Å². The summed E-state index contributed by atoms with van der Waals surface area (Å²) in [7, 11) is 0. The van der Waals surface area contributed by atoms with E-state index in [-0.39, 0.29) is 6.04 Å². The highest BCUT2D eigenvalue weighted by atomic mass is 32.1. The SMILES string of the molecule is CC(CN1CCCC1)Nc1sc(C#N)c(N)c1C#N. The third-order valence-electron chi connectivity index (χ3n) is 3.27. The van der Waals surface area contributed by atoms with E-state index in [1.165, 1.54) is 24.2 Å². The average Bonchev–Trinajstić information content (AvgIpc) is 2.97. The van der Waals surface area contributed by atoms with Crippen molar-refractivity contribution in [3.05, 3.63) is 10.4 Å². The van der Waals surface area contributed by atoms with Gasteiger partial charge in [-0.05, 0) is 32.9 Å². The number of rotatable bonds is 4. The first-order valence-electron chi connectivity index (χ1n) is 6.37. The fourth-order valence-electron chi connectivity index (χ4n) is 2.36. The molecule has 1 aliphatic heterocycles. The molecule has 2 rings (SSSR count). The summed E-state index contributed by atoms with van der Waals surface area (Å²) >= 11 is 1.26. The number of nitrogens with one attached hydrogen (secondary N) is 1. The van der Waals surface area contributed by atoms with Crippen LogP contribution in [0.25, 0.3) is 0 Å². The van der Waals surface area contributed by atoms with E-state index >= 15 is 0 Å². The third-order valence-corrected chi connectivity index (χ3v) is 4.31. The molecule has 6 heteroatoms. The Hall–Kier alpha value is -1.76. The molecule has 0 bridgehead atoms. The monoisotopic (exact) mass is 275 g/mol. The lowest BCUT2D eigenvalue weighted by molar-refractivity contribution is 0.328. The van der Waals surface area contributed by atoms with Crippen LogP contribution in [-0.2, 0) is 0 Å². The number of likely N-dealkylation sites (tertiary alicyclic amines) is 1. The topological polar surface area (TPSA) is 88.9 Å². The molecular weight excluding hydrogens is 258 g/mol. The molecule has 0 aromatic carbocycles. The first kappa shape index (κ1) is 13.7. The van der Waals surface area contributed by atoms with E-state index in [4.69, 9.17) is 16.3 Å². The summed E-state index contributed by atoms with van der Waals surface area (Å²) in [5.74, 6) is 0. The van der Waals surface area contributed by atoms with Crippen LogP contribution in [0.15, 0.2) is 0 Å². The smallest absolute Gasteiger partial charge is 0.131 e. The van der Waals surface area contributed by atoms with Gasteiger partial charge in [0.15, 0.2) is 0 Å². The third kappa shape index (κ3) is 2.98. The van der Waals surface area contributed by atoms with Crippen LogP contribution in [0.2, 0.25) is 0 Å². The molecule has 3 N–H and O–H groups in total. The molecule has 1 saturated heterocycles. The Morgan fingerprint density at radius 2 is 2.05 bits per heavy atom. The lowest BCUT2D eigenvalue weighted by Crippen LogP contribution is -2.32. The molecule has 19 heavy (non-hydrogen) atoms. The van der Waals surface area contributed by atoms with Crippen LogP contribution in [0.5, 0.6) is 0 Å². The van der Waals surface area contributed by atoms with Crippen LogP contribution in [-0.4, -0.2) is 30.6 Å². The summed E-state index contributed by atoms with van der Waals surface area (Å²) in [6.07, 6.45) is 2.53. The van der Waals surface area contributed by atoms with Crippen LogP contribution < -0.4 is 11.1 Å². The molecule has 1 atom stereocenters. The molecule has 0 aliphatic carbocycles. The van der Waals surface area contributed by atoms with E-state index in [1.54, 1.807) is 0 Å². The summed E-state index contributed by atoms with van der Waals surface area (Å²) < 4.78 is 0. The molecule has 1 unspecified atom stereocenters. The number of thiophene rings is 1. The van der Waals surface area contributed by atoms with Crippen molar-refractivity contribution >= 4 is 22.0 Å². The summed E-state index contributed by atoms with van der Waals surface area (Å²) in [4.78, 5) is 2.82. The first-order valence-corrected chi connectivity index (χ1v) is 7.18. The van der Waals surface area contributed by atoms with Gasteiger partial charge in [-0.15, -0.1) is 11.3 Å². The second-order valence-corrected chi connectivity index (χ2v) is 5.85. The minimum atomic E-state index is 0.231. The Kier molecular flexibility index (Phi) is 4.26. The molecule has 1 aromatic rings. The maximum atomic E-state index is 9.12. The molecule has 0 amide bonds. The highest BCUT2D eigenvalue weighted by Crippen LogP contribution is 2.34. The van der Waals surface area contributed by atoms with E-state index in [2.05, 4.69) is 23.2 Å². The molecule has 0 spiro atoms. The standard InChI is InChI=1S/C13H17N5S/c1-9(8-18-4-2-3-5-18)17-13-10(6-14)12(16)11(7-15)19-13/h9,17H,2-5,8,16H2,1H3. The highest BCUT2D eigenvalue weighted by Gasteiger charge is 2.19. The fraction of sp³-hybridized carbons (Fsp3) is 0.538. The first-order chi connectivity index (χ1) is 9.15. The van der Waals surface area contributed by atoms with Crippen LogP contribution in [0, 0.1) is 22.7 Å². The Bertz CT molecular complexity index is 530. The zero-order valence-electron chi connectivity index (χ0n) is 10.9. The summed E-state index contributed by atoms with van der Waals surface area (Å²) in [6, 6.07) is 4.34. The van der Waals surface area contributed by atoms with Crippen molar-refractivity contribution in [3.8, 4) is 12.1 Å². The van der Waals surface area contributed by atoms with Gasteiger partial charge in [0, 0.05) is 12.6 Å². The zero-order valence-corrected chi connectivity index (χ0v) is 11.8. The Morgan fingerprint density at radius 3 is 2.63 bits per heavy atom. The van der Waals surface area contributed by atoms with Crippen molar-refractivity contribution in [3.63, 3.8) is 0 Å². The molecule has 2 heterocycles. The number of nitrogens with two attached hydrogens (primary N) is 1. The van der Waals surface area contributed by atoms with Crippen LogP contribution in [0.1, 0.15) is 30.2 Å². The van der Waals surface area contributed by atoms with Crippen molar-refractivity contribution in [1.82, 2.24) is 4.90 Å². The van der Waals surface area contributed by atoms with Crippen molar-refractivity contribution in [1.29, 1.82) is 10.5 Å². The fourth-order valence-corrected chi connectivity index (χ4v) is 3.34. The molecule has 1 aromatic heterocycles. The van der Waals surface area contributed by atoms with Gasteiger partial charge >= 0.3 is 0 Å². The zero-order chi connectivity index (χ0) is 13.8. The van der Waals surface area contributed by atoms with Crippen LogP contribution in [0.3, 0.4) is 0 Å². The summed E-state index contributed by atoms with van der Waals surface area (Å²) in [5, 5.41) is 22.1. The summed E-state index contributed by atoms with van der Waals surface area (Å²) in [5.41, 5.74) is 6.47. The predicted octanol–water partition coefficient (Wildman–Crippen LogP) is 1.97. The van der Waals surface area contributed by atoms with Gasteiger partial charge in [-0.25, -0.2) is 0 Å².